The average molecular weight is 235 g/mol. The lowest BCUT2D eigenvalue weighted by Gasteiger charge is -2.06. The zero-order valence-electron chi connectivity index (χ0n) is 8.13. The Labute approximate surface area is 86.8 Å². The normalized spacial score (nSPS) is 11.7. The molecular formula is C9H11F2NO2S. The first-order chi connectivity index (χ1) is 6.86. The summed E-state index contributed by atoms with van der Waals surface area (Å²) in [7, 11) is -3.75. The van der Waals surface area contributed by atoms with Gasteiger partial charge < -0.3 is 5.73 Å². The molecule has 1 aromatic carbocycles. The van der Waals surface area contributed by atoms with E-state index in [1.807, 2.05) is 0 Å². The Bertz CT molecular complexity index is 471. The van der Waals surface area contributed by atoms with Crippen LogP contribution in [0.1, 0.15) is 5.56 Å². The Kier molecular flexibility index (Phi) is 3.41. The summed E-state index contributed by atoms with van der Waals surface area (Å²) in [5, 5.41) is 0. The fourth-order valence-corrected chi connectivity index (χ4v) is 2.01. The molecule has 0 unspecified atom stereocenters. The van der Waals surface area contributed by atoms with E-state index in [2.05, 4.69) is 0 Å². The van der Waals surface area contributed by atoms with E-state index >= 15 is 0 Å². The molecule has 1 aromatic rings. The molecule has 3 nitrogen and oxygen atoms in total. The second-order valence-corrected chi connectivity index (χ2v) is 5.17. The predicted molar refractivity (Wildman–Crippen MR) is 52.2 cm³/mol. The van der Waals surface area contributed by atoms with Crippen LogP contribution < -0.4 is 5.73 Å². The topological polar surface area (TPSA) is 60.2 Å². The van der Waals surface area contributed by atoms with Gasteiger partial charge in [-0.25, -0.2) is 17.2 Å². The minimum absolute atomic E-state index is 0.0158. The molecule has 84 valence electrons. The summed E-state index contributed by atoms with van der Waals surface area (Å²) < 4.78 is 48.8. The van der Waals surface area contributed by atoms with Crippen LogP contribution >= 0.6 is 0 Å². The Morgan fingerprint density at radius 2 is 1.93 bits per heavy atom. The van der Waals surface area contributed by atoms with Crippen molar-refractivity contribution in [1.29, 1.82) is 0 Å². The maximum Gasteiger partial charge on any atom is 0.178 e. The molecule has 6 heteroatoms. The van der Waals surface area contributed by atoms with Crippen molar-refractivity contribution in [2.75, 3.05) is 12.8 Å². The molecule has 0 atom stereocenters. The zero-order valence-corrected chi connectivity index (χ0v) is 8.94. The average Bonchev–Trinajstić information content (AvgIpc) is 2.09. The van der Waals surface area contributed by atoms with E-state index in [0.717, 1.165) is 12.3 Å². The maximum absolute atomic E-state index is 13.5. The van der Waals surface area contributed by atoms with Gasteiger partial charge in [-0.05, 0) is 30.7 Å². The minimum atomic E-state index is -3.75. The highest BCUT2D eigenvalue weighted by Gasteiger charge is 2.18. The van der Waals surface area contributed by atoms with Gasteiger partial charge in [0.1, 0.15) is 16.5 Å². The Balaban J connectivity index is 3.42. The van der Waals surface area contributed by atoms with Crippen molar-refractivity contribution in [3.8, 4) is 0 Å². The molecule has 0 aliphatic heterocycles. The van der Waals surface area contributed by atoms with Crippen LogP contribution in [0.2, 0.25) is 0 Å². The van der Waals surface area contributed by atoms with Crippen molar-refractivity contribution in [2.45, 2.75) is 11.3 Å². The zero-order chi connectivity index (χ0) is 11.6. The molecule has 0 aliphatic carbocycles. The van der Waals surface area contributed by atoms with Gasteiger partial charge in [0.05, 0.1) is 0 Å². The molecule has 0 saturated carbocycles. The Morgan fingerprint density at radius 3 is 2.40 bits per heavy atom. The van der Waals surface area contributed by atoms with E-state index in [-0.39, 0.29) is 18.5 Å². The maximum atomic E-state index is 13.5. The van der Waals surface area contributed by atoms with Crippen LogP contribution in [0.4, 0.5) is 8.78 Å². The van der Waals surface area contributed by atoms with Gasteiger partial charge in [0.2, 0.25) is 0 Å². The molecule has 15 heavy (non-hydrogen) atoms. The number of rotatable bonds is 3. The van der Waals surface area contributed by atoms with Crippen LogP contribution in [-0.4, -0.2) is 21.2 Å². The first kappa shape index (κ1) is 12.1. The second-order valence-electron chi connectivity index (χ2n) is 3.19. The summed E-state index contributed by atoms with van der Waals surface area (Å²) >= 11 is 0. The van der Waals surface area contributed by atoms with Crippen molar-refractivity contribution in [3.05, 3.63) is 29.3 Å². The van der Waals surface area contributed by atoms with E-state index in [9.17, 15) is 17.2 Å². The molecule has 0 heterocycles. The number of nitrogens with two attached hydrogens (primary N) is 1. The highest BCUT2D eigenvalue weighted by Crippen LogP contribution is 2.20. The molecular weight excluding hydrogens is 224 g/mol. The standard InChI is InChI=1S/C9H11F2NO2S/c1-15(13,14)8-5-7(10)4-6(2-3-12)9(8)11/h4-5H,2-3,12H2,1H3. The minimum Gasteiger partial charge on any atom is -0.330 e. The predicted octanol–water partition coefficient (Wildman–Crippen LogP) is 0.870. The third kappa shape index (κ3) is 2.73. The molecule has 0 saturated heterocycles. The highest BCUT2D eigenvalue weighted by atomic mass is 32.2. The molecule has 0 aromatic heterocycles. The molecule has 0 spiro atoms. The fraction of sp³-hybridized carbons (Fsp3) is 0.333. The molecule has 2 N–H and O–H groups in total. The van der Waals surface area contributed by atoms with Gasteiger partial charge in [-0.15, -0.1) is 0 Å². The van der Waals surface area contributed by atoms with Crippen LogP contribution in [0.25, 0.3) is 0 Å². The summed E-state index contributed by atoms with van der Waals surface area (Å²) in [4.78, 5) is -0.619. The lowest BCUT2D eigenvalue weighted by atomic mass is 10.1. The Morgan fingerprint density at radius 1 is 1.33 bits per heavy atom. The van der Waals surface area contributed by atoms with E-state index in [4.69, 9.17) is 5.73 Å². The van der Waals surface area contributed by atoms with Gasteiger partial charge in [-0.2, -0.15) is 0 Å². The third-order valence-electron chi connectivity index (χ3n) is 1.89. The molecule has 1 rings (SSSR count). The number of benzene rings is 1. The smallest absolute Gasteiger partial charge is 0.178 e. The van der Waals surface area contributed by atoms with Crippen molar-refractivity contribution in [1.82, 2.24) is 0 Å². The molecule has 0 amide bonds. The summed E-state index contributed by atoms with van der Waals surface area (Å²) in [5.41, 5.74) is 5.18. The molecule has 0 bridgehead atoms. The quantitative estimate of drug-likeness (QED) is 0.845. The van der Waals surface area contributed by atoms with E-state index in [0.29, 0.717) is 6.07 Å². The highest BCUT2D eigenvalue weighted by molar-refractivity contribution is 7.90. The summed E-state index contributed by atoms with van der Waals surface area (Å²) in [5.74, 6) is -1.69. The first-order valence-corrected chi connectivity index (χ1v) is 6.13. The summed E-state index contributed by atoms with van der Waals surface area (Å²) in [6.45, 7) is 0.129. The van der Waals surface area contributed by atoms with Crippen molar-refractivity contribution in [3.63, 3.8) is 0 Å². The first-order valence-electron chi connectivity index (χ1n) is 4.24. The van der Waals surface area contributed by atoms with Gasteiger partial charge in [0.25, 0.3) is 0 Å². The number of sulfone groups is 1. The third-order valence-corrected chi connectivity index (χ3v) is 2.99. The lowest BCUT2D eigenvalue weighted by molar-refractivity contribution is 0.544. The van der Waals surface area contributed by atoms with Crippen LogP contribution in [0, 0.1) is 11.6 Å². The SMILES string of the molecule is CS(=O)(=O)c1cc(F)cc(CCN)c1F. The van der Waals surface area contributed by atoms with E-state index < -0.39 is 26.4 Å². The van der Waals surface area contributed by atoms with Gasteiger partial charge in [-0.3, -0.25) is 0 Å². The van der Waals surface area contributed by atoms with Gasteiger partial charge in [0.15, 0.2) is 9.84 Å². The summed E-state index contributed by atoms with van der Waals surface area (Å²) in [6, 6.07) is 1.63. The number of halogens is 2. The fourth-order valence-electron chi connectivity index (χ4n) is 1.23. The largest absolute Gasteiger partial charge is 0.330 e. The van der Waals surface area contributed by atoms with Crippen LogP contribution in [0.5, 0.6) is 0 Å². The molecule has 0 fully saturated rings. The Hall–Kier alpha value is -1.01. The van der Waals surface area contributed by atoms with Crippen LogP contribution in [-0.2, 0) is 16.3 Å². The molecule has 0 aliphatic rings. The van der Waals surface area contributed by atoms with Crippen molar-refractivity contribution in [2.24, 2.45) is 5.73 Å². The van der Waals surface area contributed by atoms with Gasteiger partial charge >= 0.3 is 0 Å². The van der Waals surface area contributed by atoms with Gasteiger partial charge in [-0.1, -0.05) is 0 Å². The molecule has 0 radical (unpaired) electrons. The summed E-state index contributed by atoms with van der Waals surface area (Å²) in [6.07, 6.45) is 0.934. The second kappa shape index (κ2) is 4.24. The van der Waals surface area contributed by atoms with Gasteiger partial charge in [0, 0.05) is 6.26 Å². The van der Waals surface area contributed by atoms with E-state index in [1.165, 1.54) is 0 Å². The number of hydrogen-bond donors (Lipinski definition) is 1. The number of hydrogen-bond acceptors (Lipinski definition) is 3. The van der Waals surface area contributed by atoms with E-state index in [1.54, 1.807) is 0 Å². The van der Waals surface area contributed by atoms with Crippen molar-refractivity contribution >= 4 is 9.84 Å². The van der Waals surface area contributed by atoms with Crippen LogP contribution in [0.15, 0.2) is 17.0 Å². The van der Waals surface area contributed by atoms with Crippen molar-refractivity contribution < 1.29 is 17.2 Å². The lowest BCUT2D eigenvalue weighted by Crippen LogP contribution is -2.09. The van der Waals surface area contributed by atoms with Crippen LogP contribution in [0.3, 0.4) is 0 Å². The monoisotopic (exact) mass is 235 g/mol.